The second kappa shape index (κ2) is 6.19. The first-order valence-electron chi connectivity index (χ1n) is 5.21. The Hall–Kier alpha value is -1.35. The maximum Gasteiger partial charge on any atom is 0.224 e. The van der Waals surface area contributed by atoms with Crippen LogP contribution in [0.2, 0.25) is 0 Å². The molecule has 0 spiro atoms. The van der Waals surface area contributed by atoms with Crippen LogP contribution in [-0.2, 0) is 11.2 Å². The fraction of sp³-hybridized carbons (Fsp3) is 0.417. The summed E-state index contributed by atoms with van der Waals surface area (Å²) in [5.41, 5.74) is 0.987. The molecule has 1 aromatic rings. The molecule has 2 N–H and O–H groups in total. The molecule has 0 bridgehead atoms. The van der Waals surface area contributed by atoms with Crippen molar-refractivity contribution in [2.24, 2.45) is 0 Å². The summed E-state index contributed by atoms with van der Waals surface area (Å²) in [6.45, 7) is 2.22. The van der Waals surface area contributed by atoms with Gasteiger partial charge in [0.1, 0.15) is 0 Å². The number of carbonyl (C=O) groups is 1. The van der Waals surface area contributed by atoms with Crippen molar-refractivity contribution >= 4 is 5.91 Å². The first kappa shape index (κ1) is 11.7. The fourth-order valence-electron chi connectivity index (χ4n) is 1.22. The van der Waals surface area contributed by atoms with E-state index in [1.807, 2.05) is 37.3 Å². The average molecular weight is 207 g/mol. The van der Waals surface area contributed by atoms with Gasteiger partial charge in [-0.3, -0.25) is 4.79 Å². The Morgan fingerprint density at radius 1 is 1.40 bits per heavy atom. The van der Waals surface area contributed by atoms with Crippen LogP contribution >= 0.6 is 0 Å². The van der Waals surface area contributed by atoms with Crippen molar-refractivity contribution in [1.82, 2.24) is 5.32 Å². The van der Waals surface area contributed by atoms with Crippen LogP contribution in [-0.4, -0.2) is 23.7 Å². The number of benzene rings is 1. The lowest BCUT2D eigenvalue weighted by Gasteiger charge is -2.09. The van der Waals surface area contributed by atoms with Crippen LogP contribution in [0.15, 0.2) is 30.3 Å². The van der Waals surface area contributed by atoms with Gasteiger partial charge in [0.2, 0.25) is 5.91 Å². The summed E-state index contributed by atoms with van der Waals surface area (Å²) in [5.74, 6) is -0.0475. The molecule has 1 aromatic carbocycles. The molecular formula is C12H17NO2. The van der Waals surface area contributed by atoms with E-state index >= 15 is 0 Å². The second-order valence-electron chi connectivity index (χ2n) is 3.53. The van der Waals surface area contributed by atoms with E-state index in [1.165, 1.54) is 0 Å². The minimum absolute atomic E-state index is 0.0475. The highest BCUT2D eigenvalue weighted by atomic mass is 16.3. The Kier molecular flexibility index (Phi) is 4.84. The zero-order valence-corrected chi connectivity index (χ0v) is 8.94. The van der Waals surface area contributed by atoms with E-state index in [9.17, 15) is 9.90 Å². The van der Waals surface area contributed by atoms with Gasteiger partial charge in [-0.1, -0.05) is 37.3 Å². The summed E-state index contributed by atoms with van der Waals surface area (Å²) in [6, 6.07) is 9.56. The van der Waals surface area contributed by atoms with Gasteiger partial charge in [0.25, 0.3) is 0 Å². The summed E-state index contributed by atoms with van der Waals surface area (Å²) in [6.07, 6.45) is 0.591. The van der Waals surface area contributed by atoms with E-state index in [-0.39, 0.29) is 5.91 Å². The highest BCUT2D eigenvalue weighted by Crippen LogP contribution is 1.99. The number of hydrogen-bond donors (Lipinski definition) is 2. The molecule has 0 fully saturated rings. The van der Waals surface area contributed by atoms with E-state index in [2.05, 4.69) is 5.32 Å². The molecule has 3 nitrogen and oxygen atoms in total. The predicted molar refractivity (Wildman–Crippen MR) is 59.5 cm³/mol. The minimum Gasteiger partial charge on any atom is -0.391 e. The molecule has 0 aromatic heterocycles. The molecule has 0 radical (unpaired) electrons. The molecule has 0 saturated carbocycles. The van der Waals surface area contributed by atoms with Crippen LogP contribution < -0.4 is 5.32 Å². The van der Waals surface area contributed by atoms with Crippen molar-refractivity contribution in [1.29, 1.82) is 0 Å². The van der Waals surface area contributed by atoms with E-state index in [4.69, 9.17) is 0 Å². The first-order valence-corrected chi connectivity index (χ1v) is 5.21. The highest BCUT2D eigenvalue weighted by Gasteiger charge is 2.05. The lowest BCUT2D eigenvalue weighted by molar-refractivity contribution is -0.120. The van der Waals surface area contributed by atoms with Crippen LogP contribution in [0, 0.1) is 0 Å². The monoisotopic (exact) mass is 207 g/mol. The van der Waals surface area contributed by atoms with Gasteiger partial charge in [-0.05, 0) is 12.0 Å². The summed E-state index contributed by atoms with van der Waals surface area (Å²) in [4.78, 5) is 11.4. The number of carbonyl (C=O) groups excluding carboxylic acids is 1. The van der Waals surface area contributed by atoms with E-state index in [1.54, 1.807) is 0 Å². The van der Waals surface area contributed by atoms with Crippen LogP contribution in [0.3, 0.4) is 0 Å². The van der Waals surface area contributed by atoms with E-state index in [0.717, 1.165) is 5.56 Å². The first-order chi connectivity index (χ1) is 7.22. The third-order valence-corrected chi connectivity index (χ3v) is 2.21. The van der Waals surface area contributed by atoms with Gasteiger partial charge in [0, 0.05) is 6.54 Å². The van der Waals surface area contributed by atoms with Crippen molar-refractivity contribution in [2.45, 2.75) is 25.9 Å². The summed E-state index contributed by atoms with van der Waals surface area (Å²) >= 11 is 0. The molecule has 0 aliphatic rings. The van der Waals surface area contributed by atoms with Crippen LogP contribution in [0.4, 0.5) is 0 Å². The largest absolute Gasteiger partial charge is 0.391 e. The summed E-state index contributed by atoms with van der Waals surface area (Å²) in [5, 5.41) is 12.0. The van der Waals surface area contributed by atoms with Gasteiger partial charge in [-0.2, -0.15) is 0 Å². The maximum atomic E-state index is 11.4. The summed E-state index contributed by atoms with van der Waals surface area (Å²) < 4.78 is 0. The Labute approximate surface area is 90.1 Å². The third-order valence-electron chi connectivity index (χ3n) is 2.21. The van der Waals surface area contributed by atoms with Gasteiger partial charge in [-0.15, -0.1) is 0 Å². The highest BCUT2D eigenvalue weighted by molar-refractivity contribution is 5.78. The van der Waals surface area contributed by atoms with E-state index < -0.39 is 6.10 Å². The van der Waals surface area contributed by atoms with Crippen molar-refractivity contribution in [2.75, 3.05) is 6.54 Å². The lowest BCUT2D eigenvalue weighted by Crippen LogP contribution is -2.32. The number of aliphatic hydroxyl groups excluding tert-OH is 1. The number of nitrogens with one attached hydrogen (secondary N) is 1. The van der Waals surface area contributed by atoms with Gasteiger partial charge < -0.3 is 10.4 Å². The fourth-order valence-corrected chi connectivity index (χ4v) is 1.22. The SMILES string of the molecule is CCC(O)CNC(=O)Cc1ccccc1. The van der Waals surface area contributed by atoms with Gasteiger partial charge in [0.15, 0.2) is 0 Å². The maximum absolute atomic E-state index is 11.4. The standard InChI is InChI=1S/C12H17NO2/c1-2-11(14)9-13-12(15)8-10-6-4-3-5-7-10/h3-7,11,14H,2,8-9H2,1H3,(H,13,15). The van der Waals surface area contributed by atoms with Crippen molar-refractivity contribution in [3.8, 4) is 0 Å². The van der Waals surface area contributed by atoms with Crippen LogP contribution in [0.1, 0.15) is 18.9 Å². The van der Waals surface area contributed by atoms with E-state index in [0.29, 0.717) is 19.4 Å². The molecule has 1 atom stereocenters. The third kappa shape index (κ3) is 4.61. The molecular weight excluding hydrogens is 190 g/mol. The molecule has 3 heteroatoms. The molecule has 0 aliphatic heterocycles. The Morgan fingerprint density at radius 2 is 2.07 bits per heavy atom. The minimum atomic E-state index is -0.440. The number of hydrogen-bond acceptors (Lipinski definition) is 2. The van der Waals surface area contributed by atoms with Gasteiger partial charge in [0.05, 0.1) is 12.5 Å². The molecule has 0 saturated heterocycles. The smallest absolute Gasteiger partial charge is 0.224 e. The quantitative estimate of drug-likeness (QED) is 0.760. The number of amides is 1. The Balaban J connectivity index is 2.31. The normalized spacial score (nSPS) is 12.1. The second-order valence-corrected chi connectivity index (χ2v) is 3.53. The molecule has 0 heterocycles. The van der Waals surface area contributed by atoms with Crippen molar-refractivity contribution < 1.29 is 9.90 Å². The molecule has 82 valence electrons. The lowest BCUT2D eigenvalue weighted by atomic mass is 10.1. The molecule has 0 aliphatic carbocycles. The zero-order chi connectivity index (χ0) is 11.1. The van der Waals surface area contributed by atoms with Crippen molar-refractivity contribution in [3.63, 3.8) is 0 Å². The number of aliphatic hydroxyl groups is 1. The summed E-state index contributed by atoms with van der Waals surface area (Å²) in [7, 11) is 0. The van der Waals surface area contributed by atoms with Gasteiger partial charge in [-0.25, -0.2) is 0 Å². The Bertz CT molecular complexity index is 298. The van der Waals surface area contributed by atoms with Crippen molar-refractivity contribution in [3.05, 3.63) is 35.9 Å². The molecule has 1 rings (SSSR count). The zero-order valence-electron chi connectivity index (χ0n) is 8.94. The van der Waals surface area contributed by atoms with Gasteiger partial charge >= 0.3 is 0 Å². The van der Waals surface area contributed by atoms with Crippen LogP contribution in [0.5, 0.6) is 0 Å². The molecule has 15 heavy (non-hydrogen) atoms. The van der Waals surface area contributed by atoms with Crippen LogP contribution in [0.25, 0.3) is 0 Å². The molecule has 1 amide bonds. The number of rotatable bonds is 5. The molecule has 1 unspecified atom stereocenters. The Morgan fingerprint density at radius 3 is 2.67 bits per heavy atom. The topological polar surface area (TPSA) is 49.3 Å². The average Bonchev–Trinajstić information content (AvgIpc) is 2.27. The predicted octanol–water partition coefficient (Wildman–Crippen LogP) is 1.12.